The van der Waals surface area contributed by atoms with Gasteiger partial charge >= 0.3 is 23.1 Å². The van der Waals surface area contributed by atoms with E-state index >= 15 is 0 Å². The topological polar surface area (TPSA) is 27.7 Å². The van der Waals surface area contributed by atoms with E-state index < -0.39 is 0 Å². The van der Waals surface area contributed by atoms with E-state index in [9.17, 15) is 0 Å². The Kier molecular flexibility index (Phi) is 9.24. The largest absolute Gasteiger partial charge is 2.00 e. The summed E-state index contributed by atoms with van der Waals surface area (Å²) in [6, 6.07) is 6.27. The molecule has 0 aliphatic heterocycles. The van der Waals surface area contributed by atoms with Crippen molar-refractivity contribution < 1.29 is 26.6 Å². The molecule has 0 saturated carbocycles. The second kappa shape index (κ2) is 8.02. The molecule has 0 spiro atoms. The zero-order chi connectivity index (χ0) is 8.97. The predicted octanol–water partition coefficient (Wildman–Crippen LogP) is -1.86. The van der Waals surface area contributed by atoms with Crippen LogP contribution in [0.15, 0.2) is 12.1 Å². The first kappa shape index (κ1) is 16.1. The Morgan fingerprint density at radius 2 is 1.36 bits per heavy atom. The monoisotopic (exact) mass is 226 g/mol. The molecule has 0 heterocycles. The molecule has 0 atom stereocenters. The Morgan fingerprint density at radius 3 is 1.64 bits per heavy atom. The first-order valence-electron chi connectivity index (χ1n) is 3.49. The van der Waals surface area contributed by atoms with Crippen LogP contribution in [-0.4, -0.2) is 44.4 Å². The summed E-state index contributed by atoms with van der Waals surface area (Å²) in [5.74, 6) is 1.84. The van der Waals surface area contributed by atoms with Gasteiger partial charge in [0.15, 0.2) is 0 Å². The summed E-state index contributed by atoms with van der Waals surface area (Å²) in [6.07, 6.45) is 0. The fourth-order valence-electron chi connectivity index (χ4n) is 0.950. The van der Waals surface area contributed by atoms with Crippen molar-refractivity contribution in [3.63, 3.8) is 0 Å². The molecule has 0 aromatic heterocycles. The van der Waals surface area contributed by atoms with Crippen LogP contribution in [0.25, 0.3) is 0 Å². The maximum Gasteiger partial charge on any atom is 2.00 e. The van der Waals surface area contributed by atoms with Crippen LogP contribution >= 0.6 is 0 Å². The predicted molar refractivity (Wildman–Crippen MR) is 50.7 cm³/mol. The van der Waals surface area contributed by atoms with Crippen molar-refractivity contribution in [3.8, 4) is 17.2 Å². The van der Waals surface area contributed by atoms with Crippen molar-refractivity contribution >= 4 is 23.1 Å². The van der Waals surface area contributed by atoms with Crippen LogP contribution in [0, 0.1) is 6.07 Å². The summed E-state index contributed by atoms with van der Waals surface area (Å²) in [7, 11) is 4.72. The Morgan fingerprint density at radius 1 is 0.929 bits per heavy atom. The molecule has 0 unspecified atom stereocenters. The molecule has 1 aromatic rings. The van der Waals surface area contributed by atoms with E-state index in [1.54, 1.807) is 33.5 Å². The molecule has 14 heavy (non-hydrogen) atoms. The molecule has 3 nitrogen and oxygen atoms in total. The van der Waals surface area contributed by atoms with Gasteiger partial charge in [0.2, 0.25) is 0 Å². The summed E-state index contributed by atoms with van der Waals surface area (Å²) >= 11 is 0. The summed E-state index contributed by atoms with van der Waals surface area (Å²) in [6.45, 7) is 0. The van der Waals surface area contributed by atoms with Gasteiger partial charge in [0, 0.05) is 0 Å². The van der Waals surface area contributed by atoms with Gasteiger partial charge in [-0.05, 0) is 0 Å². The maximum absolute atomic E-state index is 5.09. The van der Waals surface area contributed by atoms with Crippen LogP contribution in [0.3, 0.4) is 0 Å². The number of halogens is 1. The number of ether oxygens (including phenoxy) is 3. The van der Waals surface area contributed by atoms with Crippen molar-refractivity contribution in [2.24, 2.45) is 0 Å². The quantitative estimate of drug-likeness (QED) is 0.447. The van der Waals surface area contributed by atoms with Crippen LogP contribution in [0.2, 0.25) is 0 Å². The van der Waals surface area contributed by atoms with E-state index in [-0.39, 0.29) is 35.5 Å². The maximum atomic E-state index is 5.09. The third kappa shape index (κ3) is 3.44. The third-order valence-corrected chi connectivity index (χ3v) is 1.52. The Balaban J connectivity index is 0. The minimum Gasteiger partial charge on any atom is -1.00 e. The fourth-order valence-corrected chi connectivity index (χ4v) is 0.950. The molecular formula is C9H11ClMgO3. The number of benzene rings is 1. The molecule has 74 valence electrons. The van der Waals surface area contributed by atoms with Gasteiger partial charge in [0.05, 0.1) is 38.6 Å². The van der Waals surface area contributed by atoms with E-state index in [1.165, 1.54) is 0 Å². The first-order chi connectivity index (χ1) is 5.83. The Labute approximate surface area is 106 Å². The van der Waals surface area contributed by atoms with Gasteiger partial charge in [0.25, 0.3) is 0 Å². The first-order valence-corrected chi connectivity index (χ1v) is 3.49. The van der Waals surface area contributed by atoms with Crippen LogP contribution in [-0.2, 0) is 0 Å². The van der Waals surface area contributed by atoms with Crippen molar-refractivity contribution in [2.45, 2.75) is 0 Å². The molecule has 0 saturated heterocycles. The third-order valence-electron chi connectivity index (χ3n) is 1.52. The summed E-state index contributed by atoms with van der Waals surface area (Å²) < 4.78 is 15.2. The van der Waals surface area contributed by atoms with E-state index in [4.69, 9.17) is 14.2 Å². The minimum absolute atomic E-state index is 0. The van der Waals surface area contributed by atoms with E-state index in [0.29, 0.717) is 17.2 Å². The summed E-state index contributed by atoms with van der Waals surface area (Å²) in [4.78, 5) is 0. The Bertz CT molecular complexity index is 246. The van der Waals surface area contributed by atoms with Gasteiger partial charge in [-0.25, -0.2) is 0 Å². The second-order valence-electron chi connectivity index (χ2n) is 2.13. The molecule has 1 rings (SSSR count). The standard InChI is InChI=1S/C9H11O3.ClH.Mg/c1-10-7-5-4-6-8(11-2)9(7)12-3;;/h5-6H,1-3H3;1H;/q-1;;+2/p-1. The van der Waals surface area contributed by atoms with Gasteiger partial charge in [-0.3, -0.25) is 0 Å². The molecule has 5 heteroatoms. The molecule has 0 aliphatic rings. The average molecular weight is 227 g/mol. The van der Waals surface area contributed by atoms with Gasteiger partial charge in [0.1, 0.15) is 0 Å². The summed E-state index contributed by atoms with van der Waals surface area (Å²) in [5, 5.41) is 0. The van der Waals surface area contributed by atoms with E-state index in [1.807, 2.05) is 0 Å². The van der Waals surface area contributed by atoms with Crippen LogP contribution < -0.4 is 26.6 Å². The smallest absolute Gasteiger partial charge is 1.00 e. The molecule has 0 amide bonds. The number of hydrogen-bond acceptors (Lipinski definition) is 3. The van der Waals surface area contributed by atoms with Crippen LogP contribution in [0.1, 0.15) is 0 Å². The molecule has 0 N–H and O–H groups in total. The number of rotatable bonds is 3. The zero-order valence-electron chi connectivity index (χ0n) is 8.46. The van der Waals surface area contributed by atoms with Gasteiger partial charge in [-0.2, -0.15) is 6.07 Å². The van der Waals surface area contributed by atoms with Crippen molar-refractivity contribution in [1.82, 2.24) is 0 Å². The fraction of sp³-hybridized carbons (Fsp3) is 0.333. The van der Waals surface area contributed by atoms with Crippen LogP contribution in [0.5, 0.6) is 17.2 Å². The second-order valence-corrected chi connectivity index (χ2v) is 2.13. The Hall–Kier alpha value is -0.324. The molecular weight excluding hydrogens is 216 g/mol. The number of methoxy groups -OCH3 is 3. The van der Waals surface area contributed by atoms with E-state index in [0.717, 1.165) is 0 Å². The molecule has 0 fully saturated rings. The van der Waals surface area contributed by atoms with Crippen LogP contribution in [0.4, 0.5) is 0 Å². The summed E-state index contributed by atoms with van der Waals surface area (Å²) in [5.41, 5.74) is 0. The minimum atomic E-state index is 0. The molecule has 0 bridgehead atoms. The molecule has 0 aliphatic carbocycles. The SMILES string of the molecule is COc1c[c-]cc(OC)c1OC.[Cl-].[Mg+2]. The van der Waals surface area contributed by atoms with Crippen molar-refractivity contribution in [2.75, 3.05) is 21.3 Å². The van der Waals surface area contributed by atoms with Gasteiger partial charge in [-0.1, -0.05) is 0 Å². The van der Waals surface area contributed by atoms with Crippen molar-refractivity contribution in [3.05, 3.63) is 18.2 Å². The van der Waals surface area contributed by atoms with Gasteiger partial charge in [-0.15, -0.1) is 12.1 Å². The van der Waals surface area contributed by atoms with E-state index in [2.05, 4.69) is 6.07 Å². The molecule has 0 radical (unpaired) electrons. The molecule has 1 aromatic carbocycles. The van der Waals surface area contributed by atoms with Crippen molar-refractivity contribution in [1.29, 1.82) is 0 Å². The normalized spacial score (nSPS) is 7.93. The number of hydrogen-bond donors (Lipinski definition) is 0. The average Bonchev–Trinajstić information content (AvgIpc) is 2.16. The van der Waals surface area contributed by atoms with Gasteiger partial charge < -0.3 is 26.6 Å². The zero-order valence-corrected chi connectivity index (χ0v) is 10.6.